The largest absolute Gasteiger partial charge is 0.461 e. The van der Waals surface area contributed by atoms with Crippen molar-refractivity contribution in [1.29, 1.82) is 0 Å². The fraction of sp³-hybridized carbons (Fsp3) is 0.267. The number of aromatic nitrogens is 2. The molecule has 0 bridgehead atoms. The van der Waals surface area contributed by atoms with Gasteiger partial charge in [-0.05, 0) is 30.2 Å². The van der Waals surface area contributed by atoms with Gasteiger partial charge in [-0.15, -0.1) is 12.4 Å². The topological polar surface area (TPSA) is 31.0 Å². The summed E-state index contributed by atoms with van der Waals surface area (Å²) in [6, 6.07) is 12.1. The average Bonchev–Trinajstić information content (AvgIpc) is 2.96. The van der Waals surface area contributed by atoms with Gasteiger partial charge >= 0.3 is 0 Å². The van der Waals surface area contributed by atoms with Gasteiger partial charge in [-0.3, -0.25) is 0 Å². The van der Waals surface area contributed by atoms with Gasteiger partial charge in [-0.25, -0.2) is 4.98 Å². The van der Waals surface area contributed by atoms with Crippen molar-refractivity contribution in [1.82, 2.24) is 9.55 Å². The normalized spacial score (nSPS) is 10.9. The van der Waals surface area contributed by atoms with E-state index in [4.69, 9.17) is 4.42 Å². The molecule has 0 saturated carbocycles. The monoisotopic (exact) mass is 276 g/mol. The summed E-state index contributed by atoms with van der Waals surface area (Å²) in [6.07, 6.45) is 1.69. The first-order chi connectivity index (χ1) is 8.75. The van der Waals surface area contributed by atoms with Gasteiger partial charge in [0, 0.05) is 6.54 Å². The van der Waals surface area contributed by atoms with E-state index in [0.29, 0.717) is 5.92 Å². The highest BCUT2D eigenvalue weighted by molar-refractivity contribution is 5.85. The highest BCUT2D eigenvalue weighted by Gasteiger charge is 2.14. The molecule has 1 aromatic carbocycles. The molecular weight excluding hydrogens is 260 g/mol. The van der Waals surface area contributed by atoms with Crippen molar-refractivity contribution in [3.63, 3.8) is 0 Å². The lowest BCUT2D eigenvalue weighted by Crippen LogP contribution is -2.05. The summed E-state index contributed by atoms with van der Waals surface area (Å²) in [4.78, 5) is 4.68. The Labute approximate surface area is 118 Å². The predicted molar refractivity (Wildman–Crippen MR) is 79.5 cm³/mol. The first kappa shape index (κ1) is 13.7. The Kier molecular flexibility index (Phi) is 3.96. The van der Waals surface area contributed by atoms with Gasteiger partial charge in [0.25, 0.3) is 0 Å². The number of fused-ring (bicyclic) bond motifs is 1. The molecule has 2 aromatic heterocycles. The first-order valence-corrected chi connectivity index (χ1v) is 6.25. The fourth-order valence-corrected chi connectivity index (χ4v) is 2.22. The molecule has 3 rings (SSSR count). The lowest BCUT2D eigenvalue weighted by molar-refractivity contribution is 0.522. The molecule has 0 atom stereocenters. The molecule has 2 heterocycles. The molecule has 0 aliphatic rings. The van der Waals surface area contributed by atoms with E-state index in [1.807, 2.05) is 30.3 Å². The van der Waals surface area contributed by atoms with Crippen LogP contribution in [0.4, 0.5) is 0 Å². The number of halogens is 1. The van der Waals surface area contributed by atoms with E-state index in [1.54, 1.807) is 6.26 Å². The Hall–Kier alpha value is -1.74. The van der Waals surface area contributed by atoms with Crippen molar-refractivity contribution in [3.8, 4) is 11.6 Å². The Morgan fingerprint density at radius 2 is 1.95 bits per heavy atom. The van der Waals surface area contributed by atoms with Gasteiger partial charge in [-0.1, -0.05) is 26.0 Å². The Bertz CT molecular complexity index is 656. The molecule has 0 fully saturated rings. The van der Waals surface area contributed by atoms with Crippen molar-refractivity contribution in [3.05, 3.63) is 42.7 Å². The minimum absolute atomic E-state index is 0. The molecule has 0 saturated heterocycles. The van der Waals surface area contributed by atoms with Crippen LogP contribution in [0.2, 0.25) is 0 Å². The summed E-state index contributed by atoms with van der Waals surface area (Å²) < 4.78 is 7.72. The van der Waals surface area contributed by atoms with Crippen LogP contribution in [0.5, 0.6) is 0 Å². The lowest BCUT2D eigenvalue weighted by atomic mass is 10.2. The molecule has 4 heteroatoms. The molecule has 0 radical (unpaired) electrons. The number of nitrogens with zero attached hydrogens (tertiary/aromatic N) is 2. The zero-order valence-corrected chi connectivity index (χ0v) is 11.9. The molecule has 0 N–H and O–H groups in total. The molecule has 100 valence electrons. The van der Waals surface area contributed by atoms with Gasteiger partial charge in [0.15, 0.2) is 11.6 Å². The third-order valence-corrected chi connectivity index (χ3v) is 2.94. The van der Waals surface area contributed by atoms with E-state index in [9.17, 15) is 0 Å². The minimum atomic E-state index is 0. The number of benzene rings is 1. The van der Waals surface area contributed by atoms with Crippen molar-refractivity contribution < 1.29 is 4.42 Å². The summed E-state index contributed by atoms with van der Waals surface area (Å²) >= 11 is 0. The highest BCUT2D eigenvalue weighted by Crippen LogP contribution is 2.25. The van der Waals surface area contributed by atoms with Crippen LogP contribution in [-0.2, 0) is 6.54 Å². The Morgan fingerprint density at radius 1 is 1.16 bits per heavy atom. The van der Waals surface area contributed by atoms with Crippen molar-refractivity contribution >= 4 is 23.4 Å². The van der Waals surface area contributed by atoms with E-state index in [0.717, 1.165) is 29.2 Å². The molecule has 0 aliphatic heterocycles. The molecule has 3 nitrogen and oxygen atoms in total. The average molecular weight is 277 g/mol. The maximum absolute atomic E-state index is 5.49. The summed E-state index contributed by atoms with van der Waals surface area (Å²) in [5.74, 6) is 2.30. The maximum atomic E-state index is 5.49. The smallest absolute Gasteiger partial charge is 0.177 e. The SMILES string of the molecule is CC(C)Cn1c(-c2ccco2)nc2ccccc21.Cl. The quantitative estimate of drug-likeness (QED) is 0.711. The number of hydrogen-bond donors (Lipinski definition) is 0. The van der Waals surface area contributed by atoms with Crippen LogP contribution in [0.1, 0.15) is 13.8 Å². The van der Waals surface area contributed by atoms with E-state index in [2.05, 4.69) is 29.5 Å². The summed E-state index contributed by atoms with van der Waals surface area (Å²) in [7, 11) is 0. The van der Waals surface area contributed by atoms with Crippen LogP contribution in [-0.4, -0.2) is 9.55 Å². The molecule has 0 amide bonds. The number of hydrogen-bond acceptors (Lipinski definition) is 2. The highest BCUT2D eigenvalue weighted by atomic mass is 35.5. The summed E-state index contributed by atoms with van der Waals surface area (Å²) in [5, 5.41) is 0. The van der Waals surface area contributed by atoms with Gasteiger partial charge in [0.1, 0.15) is 0 Å². The first-order valence-electron chi connectivity index (χ1n) is 6.25. The molecule has 0 spiro atoms. The standard InChI is InChI=1S/C15H16N2O.ClH/c1-11(2)10-17-13-7-4-3-6-12(13)16-15(17)14-8-5-9-18-14;/h3-9,11H,10H2,1-2H3;1H. The van der Waals surface area contributed by atoms with Crippen LogP contribution in [0.25, 0.3) is 22.6 Å². The third kappa shape index (κ3) is 2.51. The summed E-state index contributed by atoms with van der Waals surface area (Å²) in [6.45, 7) is 5.36. The number of para-hydroxylation sites is 2. The van der Waals surface area contributed by atoms with Crippen molar-refractivity contribution in [2.75, 3.05) is 0 Å². The second-order valence-corrected chi connectivity index (χ2v) is 4.91. The second kappa shape index (κ2) is 5.49. The zero-order chi connectivity index (χ0) is 12.5. The van der Waals surface area contributed by atoms with E-state index < -0.39 is 0 Å². The van der Waals surface area contributed by atoms with Gasteiger partial charge < -0.3 is 8.98 Å². The van der Waals surface area contributed by atoms with Crippen molar-refractivity contribution in [2.24, 2.45) is 5.92 Å². The van der Waals surface area contributed by atoms with Crippen LogP contribution in [0.15, 0.2) is 47.1 Å². The van der Waals surface area contributed by atoms with Crippen LogP contribution >= 0.6 is 12.4 Å². The fourth-order valence-electron chi connectivity index (χ4n) is 2.22. The second-order valence-electron chi connectivity index (χ2n) is 4.91. The van der Waals surface area contributed by atoms with Crippen LogP contribution in [0.3, 0.4) is 0 Å². The number of furan rings is 1. The van der Waals surface area contributed by atoms with E-state index in [1.165, 1.54) is 0 Å². The number of rotatable bonds is 3. The summed E-state index contributed by atoms with van der Waals surface area (Å²) in [5.41, 5.74) is 2.18. The molecule has 0 unspecified atom stereocenters. The molecule has 0 aliphatic carbocycles. The predicted octanol–water partition coefficient (Wildman–Crippen LogP) is 4.37. The van der Waals surface area contributed by atoms with Crippen molar-refractivity contribution in [2.45, 2.75) is 20.4 Å². The molecular formula is C15H17ClN2O. The molecule has 3 aromatic rings. The van der Waals surface area contributed by atoms with E-state index in [-0.39, 0.29) is 12.4 Å². The minimum Gasteiger partial charge on any atom is -0.461 e. The van der Waals surface area contributed by atoms with Crippen LogP contribution < -0.4 is 0 Å². The maximum Gasteiger partial charge on any atom is 0.177 e. The zero-order valence-electron chi connectivity index (χ0n) is 11.0. The van der Waals surface area contributed by atoms with Gasteiger partial charge in [0.2, 0.25) is 0 Å². The third-order valence-electron chi connectivity index (χ3n) is 2.94. The number of imidazole rings is 1. The Balaban J connectivity index is 0.00000133. The van der Waals surface area contributed by atoms with Crippen LogP contribution in [0, 0.1) is 5.92 Å². The van der Waals surface area contributed by atoms with Gasteiger partial charge in [-0.2, -0.15) is 0 Å². The Morgan fingerprint density at radius 3 is 2.63 bits per heavy atom. The lowest BCUT2D eigenvalue weighted by Gasteiger charge is -2.10. The molecule has 19 heavy (non-hydrogen) atoms. The van der Waals surface area contributed by atoms with Gasteiger partial charge in [0.05, 0.1) is 17.3 Å². The van der Waals surface area contributed by atoms with E-state index >= 15 is 0 Å².